The smallest absolute Gasteiger partial charge is 0.243 e. The molecular weight excluding hydrogens is 381 g/mol. The number of hydrogen-bond donors (Lipinski definition) is 2. The van der Waals surface area contributed by atoms with Gasteiger partial charge in [0, 0.05) is 25.3 Å². The van der Waals surface area contributed by atoms with Crippen LogP contribution in [0.4, 0.5) is 10.1 Å². The quantitative estimate of drug-likeness (QED) is 0.635. The van der Waals surface area contributed by atoms with E-state index in [1.54, 1.807) is 38.1 Å². The highest BCUT2D eigenvalue weighted by Crippen LogP contribution is 2.18. The minimum atomic E-state index is -3.49. The monoisotopic (exact) mass is 407 g/mol. The summed E-state index contributed by atoms with van der Waals surface area (Å²) in [4.78, 5) is 12.1. The van der Waals surface area contributed by atoms with Gasteiger partial charge in [0.15, 0.2) is 0 Å². The summed E-state index contributed by atoms with van der Waals surface area (Å²) >= 11 is 0. The second-order valence-corrected chi connectivity index (χ2v) is 8.13. The van der Waals surface area contributed by atoms with Crippen LogP contribution in [0.1, 0.15) is 19.4 Å². The Balaban J connectivity index is 1.80. The summed E-state index contributed by atoms with van der Waals surface area (Å²) in [5.74, 6) is -0.463. The molecule has 0 radical (unpaired) electrons. The van der Waals surface area contributed by atoms with Gasteiger partial charge in [-0.05, 0) is 48.4 Å². The lowest BCUT2D eigenvalue weighted by atomic mass is 10.1. The molecule has 8 heteroatoms. The molecule has 0 aliphatic heterocycles. The summed E-state index contributed by atoms with van der Waals surface area (Å²) in [6.45, 7) is 4.95. The van der Waals surface area contributed by atoms with Gasteiger partial charge in [0.05, 0.1) is 11.4 Å². The molecule has 6 nitrogen and oxygen atoms in total. The molecule has 0 unspecified atom stereocenters. The van der Waals surface area contributed by atoms with Crippen LogP contribution < -0.4 is 10.6 Å². The van der Waals surface area contributed by atoms with Crippen LogP contribution in [0.3, 0.4) is 0 Å². The van der Waals surface area contributed by atoms with Gasteiger partial charge in [-0.1, -0.05) is 26.0 Å². The van der Waals surface area contributed by atoms with E-state index in [0.717, 1.165) is 5.56 Å². The molecule has 2 N–H and O–H groups in total. The Morgan fingerprint density at radius 3 is 2.18 bits per heavy atom. The number of nitrogens with zero attached hydrogens (tertiary/aromatic N) is 1. The lowest BCUT2D eigenvalue weighted by molar-refractivity contribution is -0.119. The van der Waals surface area contributed by atoms with Crippen molar-refractivity contribution in [2.24, 2.45) is 0 Å². The van der Waals surface area contributed by atoms with Gasteiger partial charge in [0.1, 0.15) is 5.82 Å². The number of amides is 1. The van der Waals surface area contributed by atoms with Crippen LogP contribution in [0.2, 0.25) is 0 Å². The number of nitrogens with one attached hydrogen (secondary N) is 2. The van der Waals surface area contributed by atoms with Crippen LogP contribution in [0.5, 0.6) is 0 Å². The SMILES string of the molecule is CCN(CC)S(=O)(=O)c1ccc(NCC(=O)NCCc2ccc(F)cc2)cc1. The highest BCUT2D eigenvalue weighted by Gasteiger charge is 2.21. The van der Waals surface area contributed by atoms with Crippen molar-refractivity contribution in [2.45, 2.75) is 25.2 Å². The summed E-state index contributed by atoms with van der Waals surface area (Å²) < 4.78 is 39.1. The maximum Gasteiger partial charge on any atom is 0.243 e. The first-order valence-electron chi connectivity index (χ1n) is 9.22. The maximum atomic E-state index is 12.9. The Bertz CT molecular complexity index is 865. The third-order valence-electron chi connectivity index (χ3n) is 4.30. The van der Waals surface area contributed by atoms with Gasteiger partial charge in [-0.25, -0.2) is 12.8 Å². The molecule has 0 spiro atoms. The molecule has 0 heterocycles. The van der Waals surface area contributed by atoms with E-state index in [-0.39, 0.29) is 23.2 Å². The average Bonchev–Trinajstić information content (AvgIpc) is 2.69. The van der Waals surface area contributed by atoms with Crippen molar-refractivity contribution < 1.29 is 17.6 Å². The van der Waals surface area contributed by atoms with Crippen molar-refractivity contribution in [3.8, 4) is 0 Å². The molecule has 152 valence electrons. The highest BCUT2D eigenvalue weighted by atomic mass is 32.2. The predicted molar refractivity (Wildman–Crippen MR) is 108 cm³/mol. The summed E-state index contributed by atoms with van der Waals surface area (Å²) in [5, 5.41) is 5.75. The van der Waals surface area contributed by atoms with Gasteiger partial charge < -0.3 is 10.6 Å². The van der Waals surface area contributed by atoms with E-state index >= 15 is 0 Å². The third-order valence-corrected chi connectivity index (χ3v) is 6.36. The molecule has 2 rings (SSSR count). The van der Waals surface area contributed by atoms with Crippen LogP contribution in [0.25, 0.3) is 0 Å². The molecule has 0 atom stereocenters. The lowest BCUT2D eigenvalue weighted by Crippen LogP contribution is -2.31. The van der Waals surface area contributed by atoms with E-state index in [1.165, 1.54) is 28.6 Å². The fourth-order valence-electron chi connectivity index (χ4n) is 2.70. The minimum absolute atomic E-state index is 0.0750. The first-order chi connectivity index (χ1) is 13.4. The van der Waals surface area contributed by atoms with Crippen molar-refractivity contribution in [3.63, 3.8) is 0 Å². The van der Waals surface area contributed by atoms with Crippen molar-refractivity contribution >= 4 is 21.6 Å². The van der Waals surface area contributed by atoms with E-state index in [9.17, 15) is 17.6 Å². The van der Waals surface area contributed by atoms with Crippen molar-refractivity contribution in [3.05, 3.63) is 59.9 Å². The Morgan fingerprint density at radius 2 is 1.61 bits per heavy atom. The van der Waals surface area contributed by atoms with Crippen LogP contribution >= 0.6 is 0 Å². The van der Waals surface area contributed by atoms with E-state index in [2.05, 4.69) is 10.6 Å². The first kappa shape index (κ1) is 21.8. The maximum absolute atomic E-state index is 12.9. The topological polar surface area (TPSA) is 78.5 Å². The largest absolute Gasteiger partial charge is 0.376 e. The summed E-state index contributed by atoms with van der Waals surface area (Å²) in [6.07, 6.45) is 0.615. The molecule has 1 amide bonds. The van der Waals surface area contributed by atoms with Crippen LogP contribution in [0, 0.1) is 5.82 Å². The zero-order chi connectivity index (χ0) is 20.6. The number of anilines is 1. The van der Waals surface area contributed by atoms with Gasteiger partial charge in [-0.15, -0.1) is 0 Å². The Hall–Kier alpha value is -2.45. The molecular formula is C20H26FN3O3S. The molecule has 2 aromatic rings. The molecule has 2 aromatic carbocycles. The molecule has 0 aromatic heterocycles. The second kappa shape index (κ2) is 10.2. The molecule has 0 bridgehead atoms. The Morgan fingerprint density at radius 1 is 1.00 bits per heavy atom. The number of hydrogen-bond acceptors (Lipinski definition) is 4. The zero-order valence-electron chi connectivity index (χ0n) is 16.1. The lowest BCUT2D eigenvalue weighted by Gasteiger charge is -2.18. The van der Waals surface area contributed by atoms with E-state index in [0.29, 0.717) is 31.7 Å². The van der Waals surface area contributed by atoms with Crippen LogP contribution in [0.15, 0.2) is 53.4 Å². The van der Waals surface area contributed by atoms with Gasteiger partial charge >= 0.3 is 0 Å². The summed E-state index contributed by atoms with van der Waals surface area (Å²) in [7, 11) is -3.49. The Labute approximate surface area is 165 Å². The fraction of sp³-hybridized carbons (Fsp3) is 0.350. The average molecular weight is 408 g/mol. The van der Waals surface area contributed by atoms with Crippen LogP contribution in [-0.2, 0) is 21.2 Å². The number of carbonyl (C=O) groups excluding carboxylic acids is 1. The van der Waals surface area contributed by atoms with Gasteiger partial charge in [0.2, 0.25) is 15.9 Å². The van der Waals surface area contributed by atoms with E-state index in [1.807, 2.05) is 0 Å². The van der Waals surface area contributed by atoms with E-state index in [4.69, 9.17) is 0 Å². The molecule has 0 aliphatic carbocycles. The molecule has 0 aliphatic rings. The van der Waals surface area contributed by atoms with Gasteiger partial charge in [0.25, 0.3) is 0 Å². The third kappa shape index (κ3) is 6.03. The first-order valence-corrected chi connectivity index (χ1v) is 10.7. The molecule has 0 fully saturated rings. The number of halogens is 1. The minimum Gasteiger partial charge on any atom is -0.376 e. The Kier molecular flexibility index (Phi) is 7.95. The van der Waals surface area contributed by atoms with Gasteiger partial charge in [-0.2, -0.15) is 4.31 Å². The van der Waals surface area contributed by atoms with Gasteiger partial charge in [-0.3, -0.25) is 4.79 Å². The van der Waals surface area contributed by atoms with Crippen molar-refractivity contribution in [1.29, 1.82) is 0 Å². The number of rotatable bonds is 10. The summed E-state index contributed by atoms with van der Waals surface area (Å²) in [5.41, 5.74) is 1.60. The standard InChI is InChI=1S/C20H26FN3O3S/c1-3-24(4-2)28(26,27)19-11-9-18(10-12-19)23-15-20(25)22-14-13-16-5-7-17(21)8-6-16/h5-12,23H,3-4,13-15H2,1-2H3,(H,22,25). The fourth-order valence-corrected chi connectivity index (χ4v) is 4.16. The molecule has 0 saturated carbocycles. The number of sulfonamides is 1. The summed E-state index contributed by atoms with van der Waals surface area (Å²) in [6, 6.07) is 12.5. The zero-order valence-corrected chi connectivity index (χ0v) is 16.9. The van der Waals surface area contributed by atoms with Crippen molar-refractivity contribution in [1.82, 2.24) is 9.62 Å². The number of carbonyl (C=O) groups is 1. The van der Waals surface area contributed by atoms with Crippen LogP contribution in [-0.4, -0.2) is 44.8 Å². The predicted octanol–water partition coefficient (Wildman–Crippen LogP) is 2.63. The molecule has 0 saturated heterocycles. The second-order valence-electron chi connectivity index (χ2n) is 6.19. The number of benzene rings is 2. The molecule has 28 heavy (non-hydrogen) atoms. The normalized spacial score (nSPS) is 11.4. The highest BCUT2D eigenvalue weighted by molar-refractivity contribution is 7.89. The van der Waals surface area contributed by atoms with Crippen molar-refractivity contribution in [2.75, 3.05) is 31.5 Å². The van der Waals surface area contributed by atoms with E-state index < -0.39 is 10.0 Å².